The molecule has 1 fully saturated rings. The maximum absolute atomic E-state index is 12.8. The minimum atomic E-state index is -0.204. The molecule has 6 rings (SSSR count). The maximum Gasteiger partial charge on any atom is 0.317 e. The van der Waals surface area contributed by atoms with Gasteiger partial charge in [-0.25, -0.2) is 24.4 Å². The van der Waals surface area contributed by atoms with Crippen LogP contribution in [0.25, 0.3) is 22.0 Å². The molecule has 2 atom stereocenters. The molecule has 0 saturated carbocycles. The molecule has 2 aromatic carbocycles. The first kappa shape index (κ1) is 29.5. The fourth-order valence-corrected chi connectivity index (χ4v) is 5.79. The molecule has 1 saturated heterocycles. The van der Waals surface area contributed by atoms with Gasteiger partial charge in [-0.3, -0.25) is 4.90 Å². The van der Waals surface area contributed by atoms with Crippen molar-refractivity contribution in [2.75, 3.05) is 45.0 Å². The summed E-state index contributed by atoms with van der Waals surface area (Å²) in [5.74, 6) is 0.969. The van der Waals surface area contributed by atoms with Gasteiger partial charge in [-0.05, 0) is 23.1 Å². The van der Waals surface area contributed by atoms with Crippen LogP contribution in [0.4, 0.5) is 10.6 Å². The van der Waals surface area contributed by atoms with E-state index in [9.17, 15) is 4.79 Å². The van der Waals surface area contributed by atoms with Gasteiger partial charge in [-0.2, -0.15) is 0 Å². The van der Waals surface area contributed by atoms with Crippen LogP contribution in [-0.2, 0) is 6.54 Å². The number of benzene rings is 2. The summed E-state index contributed by atoms with van der Waals surface area (Å²) < 4.78 is 3.80. The normalized spacial score (nSPS) is 15.0. The van der Waals surface area contributed by atoms with E-state index in [1.165, 1.54) is 6.33 Å². The van der Waals surface area contributed by atoms with Gasteiger partial charge in [-0.1, -0.05) is 71.0 Å². The summed E-state index contributed by atoms with van der Waals surface area (Å²) in [6, 6.07) is 20.3. The number of aromatic nitrogens is 7. The lowest BCUT2D eigenvalue weighted by Crippen LogP contribution is -2.53. The van der Waals surface area contributed by atoms with E-state index >= 15 is 0 Å². The first-order valence-corrected chi connectivity index (χ1v) is 14.8. The number of carbonyl (C=O) groups is 1. The van der Waals surface area contributed by atoms with Crippen LogP contribution < -0.4 is 11.1 Å². The van der Waals surface area contributed by atoms with Crippen LogP contribution in [0.5, 0.6) is 0 Å². The summed E-state index contributed by atoms with van der Waals surface area (Å²) in [7, 11) is 0. The highest BCUT2D eigenvalue weighted by atomic mass is 16.2. The molecule has 0 unspecified atom stereocenters. The topological polar surface area (TPSA) is 185 Å². The van der Waals surface area contributed by atoms with E-state index in [-0.39, 0.29) is 18.1 Å². The van der Waals surface area contributed by atoms with Gasteiger partial charge in [0.05, 0.1) is 31.2 Å². The van der Waals surface area contributed by atoms with E-state index < -0.39 is 0 Å². The lowest BCUT2D eigenvalue weighted by molar-refractivity contribution is 0.0875. The molecule has 3 N–H and O–H groups in total. The Morgan fingerprint density at radius 3 is 2.40 bits per heavy atom. The highest BCUT2D eigenvalue weighted by Gasteiger charge is 2.35. The Balaban J connectivity index is 1.26. The quantitative estimate of drug-likeness (QED) is 0.0992. The van der Waals surface area contributed by atoms with Crippen LogP contribution in [0.15, 0.2) is 84.6 Å². The summed E-state index contributed by atoms with van der Waals surface area (Å²) in [5, 5.41) is 15.7. The number of carbonyl (C=O) groups excluding carboxylic acids is 1. The molecule has 4 heterocycles. The smallest absolute Gasteiger partial charge is 0.317 e. The highest BCUT2D eigenvalue weighted by Crippen LogP contribution is 2.37. The van der Waals surface area contributed by atoms with Crippen molar-refractivity contribution in [2.45, 2.75) is 25.0 Å². The fourth-order valence-electron chi connectivity index (χ4n) is 5.79. The third kappa shape index (κ3) is 6.69. The van der Waals surface area contributed by atoms with Crippen molar-refractivity contribution in [3.63, 3.8) is 0 Å². The molecule has 45 heavy (non-hydrogen) atoms. The first-order valence-electron chi connectivity index (χ1n) is 14.8. The number of amides is 2. The molecule has 3 aliphatic heterocycles. The molecule has 1 aromatic heterocycles. The van der Waals surface area contributed by atoms with Crippen LogP contribution in [0, 0.1) is 0 Å². The lowest BCUT2D eigenvalue weighted by atomic mass is 9.91. The Bertz CT molecular complexity index is 1710. The number of nitrogens with one attached hydrogen (secondary N) is 1. The summed E-state index contributed by atoms with van der Waals surface area (Å²) >= 11 is 0. The van der Waals surface area contributed by atoms with Crippen molar-refractivity contribution in [2.24, 2.45) is 5.11 Å². The van der Waals surface area contributed by atoms with Crippen LogP contribution in [0.2, 0.25) is 0 Å². The zero-order chi connectivity index (χ0) is 31.0. The monoisotopic (exact) mass is 606 g/mol. The Morgan fingerprint density at radius 1 is 0.978 bits per heavy atom. The van der Waals surface area contributed by atoms with Gasteiger partial charge in [0.2, 0.25) is 0 Å². The number of anilines is 1. The minimum Gasteiger partial charge on any atom is -0.382 e. The standard InChI is InChI=1S/C30H34N14O/c31-28-25-29(35-20-34-25)43(21-36-28)18-24-19-44(40-38-24)27(23-10-5-2-6-11-23)26(22-8-3-1-4-9-22)41-14-16-42(17-15-41)30(45)33-12-7-13-37-39-32/h1-6,8-11,19-21,26-27H,7,12-18,31H2,(H,33,45)/t26-,27+/m0/s1. The number of nitrogens with two attached hydrogens (primary N) is 1. The Morgan fingerprint density at radius 2 is 1.69 bits per heavy atom. The van der Waals surface area contributed by atoms with Gasteiger partial charge in [0.1, 0.15) is 17.7 Å². The molecule has 15 nitrogen and oxygen atoms in total. The third-order valence-electron chi connectivity index (χ3n) is 7.96. The summed E-state index contributed by atoms with van der Waals surface area (Å²) in [5.41, 5.74) is 18.0. The largest absolute Gasteiger partial charge is 0.382 e. The maximum atomic E-state index is 12.8. The van der Waals surface area contributed by atoms with Gasteiger partial charge in [0.25, 0.3) is 0 Å². The van der Waals surface area contributed by atoms with Crippen LogP contribution in [0.1, 0.15) is 35.3 Å². The predicted octanol–water partition coefficient (Wildman–Crippen LogP) is 3.36. The van der Waals surface area contributed by atoms with Crippen molar-refractivity contribution in [1.29, 1.82) is 0 Å². The summed E-state index contributed by atoms with van der Waals surface area (Å²) in [6.45, 7) is 3.73. The van der Waals surface area contributed by atoms with Crippen molar-refractivity contribution in [3.8, 4) is 11.5 Å². The van der Waals surface area contributed by atoms with E-state index in [0.717, 1.165) is 16.8 Å². The zero-order valence-electron chi connectivity index (χ0n) is 24.7. The Hall–Kier alpha value is -5.53. The molecule has 0 aliphatic carbocycles. The number of imidazole rings is 1. The lowest BCUT2D eigenvalue weighted by Gasteiger charge is -2.42. The zero-order valence-corrected chi connectivity index (χ0v) is 24.7. The Kier molecular flexibility index (Phi) is 9.08. The predicted molar refractivity (Wildman–Crippen MR) is 167 cm³/mol. The number of nitrogen functional groups attached to an aromatic ring is 1. The van der Waals surface area contributed by atoms with Crippen molar-refractivity contribution in [3.05, 3.63) is 107 Å². The molecule has 0 bridgehead atoms. The van der Waals surface area contributed by atoms with Crippen molar-refractivity contribution < 1.29 is 4.79 Å². The van der Waals surface area contributed by atoms with Crippen LogP contribution in [0.3, 0.4) is 0 Å². The Labute approximate surface area is 259 Å². The molecule has 15 heteroatoms. The number of nitrogens with zero attached hydrogens (tertiary/aromatic N) is 12. The van der Waals surface area contributed by atoms with Crippen LogP contribution in [-0.4, -0.2) is 89.6 Å². The fraction of sp³-hybridized carbons (Fsp3) is 0.333. The van der Waals surface area contributed by atoms with Crippen LogP contribution >= 0.6 is 0 Å². The summed E-state index contributed by atoms with van der Waals surface area (Å²) in [6.07, 6.45) is 5.69. The molecule has 3 aliphatic rings. The molecular weight excluding hydrogens is 572 g/mol. The van der Waals surface area contributed by atoms with Gasteiger partial charge in [0.15, 0.2) is 11.6 Å². The number of hydrogen-bond acceptors (Lipinski definition) is 9. The van der Waals surface area contributed by atoms with E-state index in [1.807, 2.05) is 56.7 Å². The molecular formula is C30H34N14O. The molecule has 0 radical (unpaired) electrons. The molecule has 230 valence electrons. The number of azide groups is 1. The second-order valence-corrected chi connectivity index (χ2v) is 10.8. The number of piperazine rings is 1. The molecule has 0 spiro atoms. The first-order chi connectivity index (χ1) is 22.1. The number of urea groups is 1. The number of rotatable bonds is 11. The van der Waals surface area contributed by atoms with Gasteiger partial charge < -0.3 is 20.5 Å². The average molecular weight is 607 g/mol. The summed E-state index contributed by atoms with van der Waals surface area (Å²) in [4.78, 5) is 32.7. The van der Waals surface area contributed by atoms with E-state index in [2.05, 4.69) is 69.8 Å². The van der Waals surface area contributed by atoms with E-state index in [4.69, 9.17) is 11.3 Å². The number of fused-ring (bicyclic) bond motifs is 1. The average Bonchev–Trinajstić information content (AvgIpc) is 3.77. The molecule has 3 aromatic rings. The van der Waals surface area contributed by atoms with Gasteiger partial charge in [0, 0.05) is 44.2 Å². The molecule has 2 amide bonds. The van der Waals surface area contributed by atoms with E-state index in [1.54, 1.807) is 6.33 Å². The minimum absolute atomic E-state index is 0.0873. The number of hydrogen-bond donors (Lipinski definition) is 2. The van der Waals surface area contributed by atoms with Crippen molar-refractivity contribution in [1.82, 2.24) is 49.6 Å². The van der Waals surface area contributed by atoms with Gasteiger partial charge in [-0.15, -0.1) is 5.10 Å². The third-order valence-corrected chi connectivity index (χ3v) is 7.96. The van der Waals surface area contributed by atoms with Gasteiger partial charge >= 0.3 is 6.03 Å². The SMILES string of the molecule is [N-]=[N+]=NCCCNC(=O)N1CCN([C@@H](c2ccccc2)[C@@H](c2ccccc2)n2cc(Cn3cnc(N)c4ncnc3-4)nn2)CC1. The second kappa shape index (κ2) is 13.8. The second-order valence-electron chi connectivity index (χ2n) is 10.8. The van der Waals surface area contributed by atoms with E-state index in [0.29, 0.717) is 69.6 Å². The van der Waals surface area contributed by atoms with Crippen molar-refractivity contribution >= 4 is 11.8 Å². The highest BCUT2D eigenvalue weighted by molar-refractivity contribution is 5.74.